The van der Waals surface area contributed by atoms with Crippen LogP contribution in [0.1, 0.15) is 5.69 Å². The summed E-state index contributed by atoms with van der Waals surface area (Å²) in [5, 5.41) is 0. The number of fused-ring (bicyclic) bond motifs is 1. The van der Waals surface area contributed by atoms with Gasteiger partial charge in [0.25, 0.3) is 0 Å². The lowest BCUT2D eigenvalue weighted by molar-refractivity contribution is 0.254. The van der Waals surface area contributed by atoms with Crippen LogP contribution in [0.15, 0.2) is 36.8 Å². The minimum absolute atomic E-state index is 0.761. The molecule has 2 aromatic rings. The second kappa shape index (κ2) is 5.48. The lowest BCUT2D eigenvalue weighted by atomic mass is 10.2. The first kappa shape index (κ1) is 13.9. The molecule has 2 aliphatic rings. The molecule has 1 aliphatic heterocycles. The van der Waals surface area contributed by atoms with Gasteiger partial charge >= 0.3 is 0 Å². The lowest BCUT2D eigenvalue weighted by Crippen LogP contribution is -2.28. The van der Waals surface area contributed by atoms with Gasteiger partial charge in [-0.05, 0) is 50.0 Å². The minimum atomic E-state index is 0.761. The fourth-order valence-electron chi connectivity index (χ4n) is 3.94. The lowest BCUT2D eigenvalue weighted by Gasteiger charge is -2.21. The van der Waals surface area contributed by atoms with Crippen LogP contribution in [0.25, 0.3) is 5.95 Å². The monoisotopic (exact) mass is 297 g/mol. The molecule has 116 valence electrons. The molecule has 0 radical (unpaired) electrons. The fraction of sp³-hybridized carbons (Fsp3) is 0.529. The Labute approximate surface area is 131 Å². The topological polar surface area (TPSA) is 37.2 Å². The molecule has 3 heterocycles. The number of likely N-dealkylation sites (tertiary alicyclic amines) is 1. The molecule has 0 spiro atoms. The maximum absolute atomic E-state index is 4.35. The third-order valence-corrected chi connectivity index (χ3v) is 5.01. The van der Waals surface area contributed by atoms with E-state index in [0.717, 1.165) is 30.2 Å². The second-order valence-electron chi connectivity index (χ2n) is 6.87. The Morgan fingerprint density at radius 1 is 1.14 bits per heavy atom. The van der Waals surface area contributed by atoms with Crippen molar-refractivity contribution in [2.24, 2.45) is 17.8 Å². The first-order valence-corrected chi connectivity index (χ1v) is 8.03. The highest BCUT2D eigenvalue weighted by Gasteiger charge is 2.55. The van der Waals surface area contributed by atoms with E-state index < -0.39 is 0 Å². The Morgan fingerprint density at radius 2 is 1.86 bits per heavy atom. The van der Waals surface area contributed by atoms with E-state index in [-0.39, 0.29) is 0 Å². The Morgan fingerprint density at radius 3 is 2.55 bits per heavy atom. The SMILES string of the molecule is CN(C)CC1[C@H]2CN(Cc3cccn3-c3ncccn3)C[C@@H]12. The summed E-state index contributed by atoms with van der Waals surface area (Å²) in [6, 6.07) is 6.11. The van der Waals surface area contributed by atoms with Crippen LogP contribution in [0.3, 0.4) is 0 Å². The maximum atomic E-state index is 4.35. The van der Waals surface area contributed by atoms with Crippen molar-refractivity contribution in [3.63, 3.8) is 0 Å². The Hall–Kier alpha value is -1.72. The molecule has 4 rings (SSSR count). The van der Waals surface area contributed by atoms with Crippen molar-refractivity contribution in [2.45, 2.75) is 6.54 Å². The average molecular weight is 297 g/mol. The van der Waals surface area contributed by atoms with Crippen molar-refractivity contribution in [2.75, 3.05) is 33.7 Å². The zero-order valence-electron chi connectivity index (χ0n) is 13.3. The van der Waals surface area contributed by atoms with Crippen LogP contribution >= 0.6 is 0 Å². The molecule has 1 saturated carbocycles. The Kier molecular flexibility index (Phi) is 3.47. The molecule has 1 aliphatic carbocycles. The van der Waals surface area contributed by atoms with Crippen molar-refractivity contribution in [3.05, 3.63) is 42.5 Å². The molecule has 0 aromatic carbocycles. The maximum Gasteiger partial charge on any atom is 0.233 e. The zero-order valence-corrected chi connectivity index (χ0v) is 13.3. The molecular formula is C17H23N5. The third kappa shape index (κ3) is 2.55. The number of nitrogens with zero attached hydrogens (tertiary/aromatic N) is 5. The molecule has 1 unspecified atom stereocenters. The van der Waals surface area contributed by atoms with E-state index in [2.05, 4.69) is 56.8 Å². The molecular weight excluding hydrogens is 274 g/mol. The van der Waals surface area contributed by atoms with E-state index in [4.69, 9.17) is 0 Å². The summed E-state index contributed by atoms with van der Waals surface area (Å²) in [5.41, 5.74) is 1.27. The standard InChI is InChI=1S/C17H23N5/c1-20(2)10-14-15-11-21(12-16(14)15)9-13-5-3-8-22(13)17-18-6-4-7-19-17/h3-8,14-16H,9-12H2,1-2H3/t14?,15-,16+. The van der Waals surface area contributed by atoms with Crippen LogP contribution in [-0.2, 0) is 6.54 Å². The summed E-state index contributed by atoms with van der Waals surface area (Å²) in [4.78, 5) is 13.6. The number of hydrogen-bond acceptors (Lipinski definition) is 4. The predicted molar refractivity (Wildman–Crippen MR) is 85.7 cm³/mol. The largest absolute Gasteiger partial charge is 0.309 e. The quantitative estimate of drug-likeness (QED) is 0.838. The van der Waals surface area contributed by atoms with Crippen molar-refractivity contribution < 1.29 is 0 Å². The third-order valence-electron chi connectivity index (χ3n) is 5.01. The van der Waals surface area contributed by atoms with Gasteiger partial charge in [-0.15, -0.1) is 0 Å². The highest BCUT2D eigenvalue weighted by atomic mass is 15.2. The molecule has 0 N–H and O–H groups in total. The number of aromatic nitrogens is 3. The average Bonchev–Trinajstić information content (AvgIpc) is 2.91. The number of hydrogen-bond donors (Lipinski definition) is 0. The van der Waals surface area contributed by atoms with Crippen LogP contribution in [0.4, 0.5) is 0 Å². The number of rotatable bonds is 5. The van der Waals surface area contributed by atoms with E-state index >= 15 is 0 Å². The molecule has 5 nitrogen and oxygen atoms in total. The van der Waals surface area contributed by atoms with Crippen molar-refractivity contribution in [1.82, 2.24) is 24.3 Å². The zero-order chi connectivity index (χ0) is 15.1. The van der Waals surface area contributed by atoms with Crippen molar-refractivity contribution >= 4 is 0 Å². The van der Waals surface area contributed by atoms with Gasteiger partial charge in [-0.3, -0.25) is 9.47 Å². The van der Waals surface area contributed by atoms with Crippen LogP contribution in [0.5, 0.6) is 0 Å². The summed E-state index contributed by atoms with van der Waals surface area (Å²) in [6.07, 6.45) is 5.64. The van der Waals surface area contributed by atoms with E-state index in [1.807, 2.05) is 6.07 Å². The molecule has 2 aromatic heterocycles. The van der Waals surface area contributed by atoms with E-state index in [0.29, 0.717) is 0 Å². The van der Waals surface area contributed by atoms with Crippen LogP contribution < -0.4 is 0 Å². The predicted octanol–water partition coefficient (Wildman–Crippen LogP) is 1.51. The van der Waals surface area contributed by atoms with Crippen LogP contribution in [-0.4, -0.2) is 58.1 Å². The normalized spacial score (nSPS) is 27.3. The first-order valence-electron chi connectivity index (χ1n) is 8.03. The van der Waals surface area contributed by atoms with Crippen LogP contribution in [0.2, 0.25) is 0 Å². The van der Waals surface area contributed by atoms with Gasteiger partial charge in [0.2, 0.25) is 5.95 Å². The highest BCUT2D eigenvalue weighted by Crippen LogP contribution is 2.52. The summed E-state index contributed by atoms with van der Waals surface area (Å²) in [5.74, 6) is 3.52. The molecule has 5 heteroatoms. The van der Waals surface area contributed by atoms with E-state index in [9.17, 15) is 0 Å². The van der Waals surface area contributed by atoms with E-state index in [1.165, 1.54) is 25.3 Å². The number of piperidine rings is 1. The van der Waals surface area contributed by atoms with E-state index in [1.54, 1.807) is 12.4 Å². The summed E-state index contributed by atoms with van der Waals surface area (Å²) in [6.45, 7) is 4.72. The Bertz CT molecular complexity index is 624. The van der Waals surface area contributed by atoms with Crippen molar-refractivity contribution in [1.29, 1.82) is 0 Å². The van der Waals surface area contributed by atoms with Gasteiger partial charge in [0.1, 0.15) is 0 Å². The molecule has 22 heavy (non-hydrogen) atoms. The molecule has 2 fully saturated rings. The molecule has 0 amide bonds. The first-order chi connectivity index (χ1) is 10.7. The van der Waals surface area contributed by atoms with Crippen molar-refractivity contribution in [3.8, 4) is 5.95 Å². The molecule has 3 atom stereocenters. The Balaban J connectivity index is 1.40. The van der Waals surface area contributed by atoms with Gasteiger partial charge in [0.15, 0.2) is 0 Å². The van der Waals surface area contributed by atoms with Gasteiger partial charge < -0.3 is 4.90 Å². The van der Waals surface area contributed by atoms with Gasteiger partial charge in [0, 0.05) is 50.5 Å². The minimum Gasteiger partial charge on any atom is -0.309 e. The summed E-state index contributed by atoms with van der Waals surface area (Å²) < 4.78 is 2.10. The highest BCUT2D eigenvalue weighted by molar-refractivity contribution is 5.21. The molecule has 0 bridgehead atoms. The smallest absolute Gasteiger partial charge is 0.233 e. The van der Waals surface area contributed by atoms with Crippen LogP contribution in [0, 0.1) is 17.8 Å². The summed E-state index contributed by atoms with van der Waals surface area (Å²) in [7, 11) is 4.36. The van der Waals surface area contributed by atoms with Gasteiger partial charge in [0.05, 0.1) is 0 Å². The summed E-state index contributed by atoms with van der Waals surface area (Å²) >= 11 is 0. The van der Waals surface area contributed by atoms with Gasteiger partial charge in [-0.25, -0.2) is 9.97 Å². The molecule has 1 saturated heterocycles. The van der Waals surface area contributed by atoms with Gasteiger partial charge in [-0.1, -0.05) is 0 Å². The van der Waals surface area contributed by atoms with Gasteiger partial charge in [-0.2, -0.15) is 0 Å². The fourth-order valence-corrected chi connectivity index (χ4v) is 3.94. The second-order valence-corrected chi connectivity index (χ2v) is 6.87.